The van der Waals surface area contributed by atoms with Gasteiger partial charge in [0.1, 0.15) is 5.75 Å². The summed E-state index contributed by atoms with van der Waals surface area (Å²) in [5.41, 5.74) is 2.24. The van der Waals surface area contributed by atoms with Gasteiger partial charge in [-0.15, -0.1) is 0 Å². The number of nitrogens with zero attached hydrogens (tertiary/aromatic N) is 2. The highest BCUT2D eigenvalue weighted by atomic mass is 35.5. The molecule has 1 aliphatic rings. The molecule has 2 heterocycles. The molecule has 0 saturated heterocycles. The summed E-state index contributed by atoms with van der Waals surface area (Å²) in [6.45, 7) is 2.98. The Morgan fingerprint density at radius 3 is 3.00 bits per heavy atom. The number of hydrogen-bond acceptors (Lipinski definition) is 3. The van der Waals surface area contributed by atoms with Crippen molar-refractivity contribution >= 4 is 17.5 Å². The molecule has 116 valence electrons. The Balaban J connectivity index is 1.61. The lowest BCUT2D eigenvalue weighted by Crippen LogP contribution is -2.35. The van der Waals surface area contributed by atoms with E-state index in [1.54, 1.807) is 11.7 Å². The Bertz CT molecular complexity index is 711. The fourth-order valence-corrected chi connectivity index (χ4v) is 2.82. The van der Waals surface area contributed by atoms with Gasteiger partial charge in [0.25, 0.3) is 5.91 Å². The molecular weight excluding hydrogens is 302 g/mol. The minimum Gasteiger partial charge on any atom is -0.493 e. The van der Waals surface area contributed by atoms with Crippen molar-refractivity contribution in [3.05, 3.63) is 46.2 Å². The summed E-state index contributed by atoms with van der Waals surface area (Å²) in [6, 6.07) is 7.99. The standard InChI is InChI=1S/C16H18ClN3O2/c1-10-14(17)15(19-20(10)2)16(21)18-8-11-7-12-5-3-4-6-13(12)22-9-11/h3-6,11H,7-9H2,1-2H3,(H,18,21)/t11-/m0/s1. The lowest BCUT2D eigenvalue weighted by molar-refractivity contribution is 0.0933. The number of carbonyl (C=O) groups excluding carboxylic acids is 1. The first-order valence-corrected chi connectivity index (χ1v) is 7.62. The average molecular weight is 320 g/mol. The van der Waals surface area contributed by atoms with Crippen molar-refractivity contribution in [3.8, 4) is 5.75 Å². The van der Waals surface area contributed by atoms with E-state index >= 15 is 0 Å². The molecule has 1 aromatic carbocycles. The minimum absolute atomic E-state index is 0.243. The van der Waals surface area contributed by atoms with Crippen LogP contribution >= 0.6 is 11.6 Å². The summed E-state index contributed by atoms with van der Waals surface area (Å²) in [4.78, 5) is 12.2. The van der Waals surface area contributed by atoms with E-state index in [0.29, 0.717) is 18.2 Å². The maximum absolute atomic E-state index is 12.2. The van der Waals surface area contributed by atoms with Gasteiger partial charge >= 0.3 is 0 Å². The maximum atomic E-state index is 12.2. The number of aromatic nitrogens is 2. The van der Waals surface area contributed by atoms with Gasteiger partial charge in [0.05, 0.1) is 17.3 Å². The second-order valence-electron chi connectivity index (χ2n) is 5.57. The van der Waals surface area contributed by atoms with Gasteiger partial charge < -0.3 is 10.1 Å². The van der Waals surface area contributed by atoms with Crippen LogP contribution in [0.5, 0.6) is 5.75 Å². The Labute approximate surface area is 134 Å². The first-order chi connectivity index (χ1) is 10.6. The highest BCUT2D eigenvalue weighted by Crippen LogP contribution is 2.26. The van der Waals surface area contributed by atoms with Crippen molar-refractivity contribution in [1.29, 1.82) is 0 Å². The summed E-state index contributed by atoms with van der Waals surface area (Å²) in [5.74, 6) is 0.948. The highest BCUT2D eigenvalue weighted by Gasteiger charge is 2.22. The van der Waals surface area contributed by atoms with Crippen molar-refractivity contribution in [1.82, 2.24) is 15.1 Å². The molecule has 0 spiro atoms. The normalized spacial score (nSPS) is 16.8. The first-order valence-electron chi connectivity index (χ1n) is 7.24. The Morgan fingerprint density at radius 1 is 1.50 bits per heavy atom. The molecule has 0 fully saturated rings. The second kappa shape index (κ2) is 6.01. The molecular formula is C16H18ClN3O2. The van der Waals surface area contributed by atoms with Gasteiger partial charge in [-0.2, -0.15) is 5.10 Å². The number of fused-ring (bicyclic) bond motifs is 1. The van der Waals surface area contributed by atoms with Crippen LogP contribution in [0.2, 0.25) is 5.02 Å². The topological polar surface area (TPSA) is 56.1 Å². The summed E-state index contributed by atoms with van der Waals surface area (Å²) >= 11 is 6.13. The van der Waals surface area contributed by atoms with Crippen LogP contribution < -0.4 is 10.1 Å². The zero-order valence-electron chi connectivity index (χ0n) is 12.6. The number of para-hydroxylation sites is 1. The molecule has 0 bridgehead atoms. The van der Waals surface area contributed by atoms with Crippen molar-refractivity contribution in [2.45, 2.75) is 13.3 Å². The zero-order valence-corrected chi connectivity index (χ0v) is 13.4. The molecule has 1 aliphatic heterocycles. The van der Waals surface area contributed by atoms with Gasteiger partial charge in [0.2, 0.25) is 0 Å². The average Bonchev–Trinajstić information content (AvgIpc) is 2.80. The van der Waals surface area contributed by atoms with E-state index in [9.17, 15) is 4.79 Å². The zero-order chi connectivity index (χ0) is 15.7. The maximum Gasteiger partial charge on any atom is 0.273 e. The SMILES string of the molecule is Cc1c(Cl)c(C(=O)NC[C@H]2COc3ccccc3C2)nn1C. The lowest BCUT2D eigenvalue weighted by atomic mass is 9.97. The molecule has 0 unspecified atom stereocenters. The number of aryl methyl sites for hydroxylation is 1. The quantitative estimate of drug-likeness (QED) is 0.945. The summed E-state index contributed by atoms with van der Waals surface area (Å²) < 4.78 is 7.33. The van der Waals surface area contributed by atoms with Gasteiger partial charge in [-0.3, -0.25) is 9.48 Å². The first kappa shape index (κ1) is 14.9. The van der Waals surface area contributed by atoms with Gasteiger partial charge in [0, 0.05) is 19.5 Å². The Kier molecular flexibility index (Phi) is 4.07. The predicted octanol–water partition coefficient (Wildman–Crippen LogP) is 2.36. The number of amides is 1. The van der Waals surface area contributed by atoms with E-state index < -0.39 is 0 Å². The van der Waals surface area contributed by atoms with Crippen molar-refractivity contribution in [2.75, 3.05) is 13.2 Å². The Morgan fingerprint density at radius 2 is 2.27 bits per heavy atom. The summed E-state index contributed by atoms with van der Waals surface area (Å²) in [5, 5.41) is 7.46. The molecule has 1 amide bonds. The predicted molar refractivity (Wildman–Crippen MR) is 84.4 cm³/mol. The molecule has 0 aliphatic carbocycles. The van der Waals surface area contributed by atoms with Crippen molar-refractivity contribution < 1.29 is 9.53 Å². The minimum atomic E-state index is -0.243. The van der Waals surface area contributed by atoms with E-state index in [1.165, 1.54) is 5.56 Å². The van der Waals surface area contributed by atoms with Crippen LogP contribution in [0.25, 0.3) is 0 Å². The van der Waals surface area contributed by atoms with Crippen LogP contribution in [0.15, 0.2) is 24.3 Å². The number of hydrogen-bond donors (Lipinski definition) is 1. The number of nitrogens with one attached hydrogen (secondary N) is 1. The molecule has 0 saturated carbocycles. The van der Waals surface area contributed by atoms with Crippen LogP contribution in [0.4, 0.5) is 0 Å². The molecule has 3 rings (SSSR count). The molecule has 22 heavy (non-hydrogen) atoms. The van der Waals surface area contributed by atoms with Crippen LogP contribution in [-0.4, -0.2) is 28.8 Å². The van der Waals surface area contributed by atoms with Gasteiger partial charge in [-0.25, -0.2) is 0 Å². The third-order valence-electron chi connectivity index (χ3n) is 3.98. The third-order valence-corrected chi connectivity index (χ3v) is 4.44. The highest BCUT2D eigenvalue weighted by molar-refractivity contribution is 6.34. The van der Waals surface area contributed by atoms with E-state index in [4.69, 9.17) is 16.3 Å². The molecule has 2 aromatic rings. The summed E-state index contributed by atoms with van der Waals surface area (Å²) in [7, 11) is 1.77. The third kappa shape index (κ3) is 2.81. The van der Waals surface area contributed by atoms with E-state index in [-0.39, 0.29) is 17.5 Å². The number of ether oxygens (including phenoxy) is 1. The fraction of sp³-hybridized carbons (Fsp3) is 0.375. The van der Waals surface area contributed by atoms with E-state index in [2.05, 4.69) is 16.5 Å². The van der Waals surface area contributed by atoms with Crippen molar-refractivity contribution in [3.63, 3.8) is 0 Å². The fourth-order valence-electron chi connectivity index (χ4n) is 2.57. The van der Waals surface area contributed by atoms with E-state index in [1.807, 2.05) is 25.1 Å². The number of rotatable bonds is 3. The number of carbonyl (C=O) groups is 1. The van der Waals surface area contributed by atoms with Gasteiger partial charge in [-0.1, -0.05) is 29.8 Å². The van der Waals surface area contributed by atoms with Crippen LogP contribution in [0.1, 0.15) is 21.7 Å². The molecule has 1 atom stereocenters. The molecule has 0 radical (unpaired) electrons. The molecule has 5 nitrogen and oxygen atoms in total. The number of benzene rings is 1. The van der Waals surface area contributed by atoms with Crippen LogP contribution in [0.3, 0.4) is 0 Å². The van der Waals surface area contributed by atoms with Crippen LogP contribution in [-0.2, 0) is 13.5 Å². The monoisotopic (exact) mass is 319 g/mol. The van der Waals surface area contributed by atoms with Gasteiger partial charge in [-0.05, 0) is 25.0 Å². The lowest BCUT2D eigenvalue weighted by Gasteiger charge is -2.25. The molecule has 6 heteroatoms. The van der Waals surface area contributed by atoms with Gasteiger partial charge in [0.15, 0.2) is 5.69 Å². The number of halogens is 1. The second-order valence-corrected chi connectivity index (χ2v) is 5.95. The largest absolute Gasteiger partial charge is 0.493 e. The Hall–Kier alpha value is -2.01. The molecule has 1 aromatic heterocycles. The van der Waals surface area contributed by atoms with Crippen LogP contribution in [0, 0.1) is 12.8 Å². The van der Waals surface area contributed by atoms with E-state index in [0.717, 1.165) is 17.9 Å². The smallest absolute Gasteiger partial charge is 0.273 e. The van der Waals surface area contributed by atoms with Crippen molar-refractivity contribution in [2.24, 2.45) is 13.0 Å². The molecule has 1 N–H and O–H groups in total. The summed E-state index contributed by atoms with van der Waals surface area (Å²) in [6.07, 6.45) is 0.894.